The van der Waals surface area contributed by atoms with E-state index in [9.17, 15) is 5.11 Å². The number of hydrogen-bond donors (Lipinski definition) is 2. The molecule has 0 saturated heterocycles. The Bertz CT molecular complexity index is 371. The van der Waals surface area contributed by atoms with Crippen molar-refractivity contribution in [1.82, 2.24) is 5.32 Å². The summed E-state index contributed by atoms with van der Waals surface area (Å²) in [5.74, 6) is 0. The molecule has 4 nitrogen and oxygen atoms in total. The fourth-order valence-corrected chi connectivity index (χ4v) is 2.64. The Kier molecular flexibility index (Phi) is 5.34. The summed E-state index contributed by atoms with van der Waals surface area (Å²) < 4.78 is 11.1. The van der Waals surface area contributed by atoms with Crippen molar-refractivity contribution in [2.24, 2.45) is 0 Å². The monoisotopic (exact) mass is 265 g/mol. The zero-order chi connectivity index (χ0) is 13.7. The molecular weight excluding hydrogens is 242 g/mol. The van der Waals surface area contributed by atoms with Gasteiger partial charge in [-0.05, 0) is 18.9 Å². The average molecular weight is 265 g/mol. The minimum absolute atomic E-state index is 0.0496. The van der Waals surface area contributed by atoms with Crippen molar-refractivity contribution in [3.63, 3.8) is 0 Å². The number of ether oxygens (including phenoxy) is 2. The molecule has 1 aromatic rings. The highest BCUT2D eigenvalue weighted by Gasteiger charge is 2.42. The molecule has 1 fully saturated rings. The van der Waals surface area contributed by atoms with Gasteiger partial charge >= 0.3 is 0 Å². The van der Waals surface area contributed by atoms with Crippen molar-refractivity contribution in [2.75, 3.05) is 20.3 Å². The Morgan fingerprint density at radius 1 is 1.37 bits per heavy atom. The van der Waals surface area contributed by atoms with Crippen molar-refractivity contribution in [2.45, 2.75) is 37.6 Å². The first-order valence-electron chi connectivity index (χ1n) is 6.86. The fraction of sp³-hybridized carbons (Fsp3) is 0.600. The number of aliphatic hydroxyl groups is 1. The van der Waals surface area contributed by atoms with Crippen LogP contribution in [0.2, 0.25) is 0 Å². The molecule has 4 heteroatoms. The van der Waals surface area contributed by atoms with Crippen LogP contribution in [0.4, 0.5) is 0 Å². The van der Waals surface area contributed by atoms with E-state index < -0.39 is 0 Å². The van der Waals surface area contributed by atoms with Crippen molar-refractivity contribution >= 4 is 0 Å². The Morgan fingerprint density at radius 3 is 2.68 bits per heavy atom. The van der Waals surface area contributed by atoms with E-state index in [0.717, 1.165) is 12.0 Å². The quantitative estimate of drug-likeness (QED) is 0.784. The zero-order valence-corrected chi connectivity index (χ0v) is 11.6. The lowest BCUT2D eigenvalue weighted by Crippen LogP contribution is -2.60. The van der Waals surface area contributed by atoms with E-state index >= 15 is 0 Å². The molecule has 0 bridgehead atoms. The summed E-state index contributed by atoms with van der Waals surface area (Å²) >= 11 is 0. The Hall–Kier alpha value is -0.940. The minimum Gasteiger partial charge on any atom is -0.394 e. The van der Waals surface area contributed by atoms with Crippen LogP contribution in [-0.2, 0) is 9.47 Å². The third-order valence-corrected chi connectivity index (χ3v) is 3.70. The highest BCUT2D eigenvalue weighted by Crippen LogP contribution is 2.29. The molecule has 1 aliphatic rings. The van der Waals surface area contributed by atoms with Gasteiger partial charge in [-0.1, -0.05) is 30.3 Å². The van der Waals surface area contributed by atoms with Gasteiger partial charge in [0.1, 0.15) is 0 Å². The molecule has 1 aliphatic carbocycles. The molecule has 2 rings (SSSR count). The summed E-state index contributed by atoms with van der Waals surface area (Å²) in [6, 6.07) is 10.2. The fourth-order valence-electron chi connectivity index (χ4n) is 2.64. The third-order valence-electron chi connectivity index (χ3n) is 3.70. The van der Waals surface area contributed by atoms with Crippen LogP contribution in [0.1, 0.15) is 24.9 Å². The molecule has 1 saturated carbocycles. The number of methoxy groups -OCH3 is 1. The molecule has 4 unspecified atom stereocenters. The molecule has 4 atom stereocenters. The van der Waals surface area contributed by atoms with E-state index in [0.29, 0.717) is 6.61 Å². The number of benzene rings is 1. The van der Waals surface area contributed by atoms with Crippen LogP contribution in [0.15, 0.2) is 30.3 Å². The highest BCUT2D eigenvalue weighted by molar-refractivity contribution is 5.19. The van der Waals surface area contributed by atoms with Crippen molar-refractivity contribution in [3.05, 3.63) is 35.9 Å². The third kappa shape index (κ3) is 3.34. The van der Waals surface area contributed by atoms with E-state index in [2.05, 4.69) is 5.32 Å². The first kappa shape index (κ1) is 14.5. The van der Waals surface area contributed by atoms with Gasteiger partial charge in [0.2, 0.25) is 0 Å². The number of hydrogen-bond acceptors (Lipinski definition) is 4. The van der Waals surface area contributed by atoms with E-state index in [1.807, 2.05) is 37.3 Å². The minimum atomic E-state index is -0.0496. The molecule has 0 amide bonds. The van der Waals surface area contributed by atoms with Crippen LogP contribution in [0.3, 0.4) is 0 Å². The molecule has 106 valence electrons. The van der Waals surface area contributed by atoms with Crippen LogP contribution < -0.4 is 5.32 Å². The molecule has 0 spiro atoms. The van der Waals surface area contributed by atoms with Crippen LogP contribution in [-0.4, -0.2) is 43.7 Å². The number of aliphatic hydroxyl groups excluding tert-OH is 1. The molecule has 0 aromatic heterocycles. The lowest BCUT2D eigenvalue weighted by molar-refractivity contribution is -0.134. The first-order chi connectivity index (χ1) is 9.30. The average Bonchev–Trinajstić information content (AvgIpc) is 2.43. The smallest absolute Gasteiger partial charge is 0.0987 e. The van der Waals surface area contributed by atoms with E-state index in [1.54, 1.807) is 7.11 Å². The number of nitrogens with one attached hydrogen (secondary N) is 1. The predicted octanol–water partition coefficient (Wildman–Crippen LogP) is 1.50. The first-order valence-corrected chi connectivity index (χ1v) is 6.86. The van der Waals surface area contributed by atoms with Gasteiger partial charge in [-0.15, -0.1) is 0 Å². The summed E-state index contributed by atoms with van der Waals surface area (Å²) in [4.78, 5) is 0. The van der Waals surface area contributed by atoms with Gasteiger partial charge in [-0.3, -0.25) is 0 Å². The summed E-state index contributed by atoms with van der Waals surface area (Å²) in [6.07, 6.45) is 1.16. The predicted molar refractivity (Wildman–Crippen MR) is 74.0 cm³/mol. The second kappa shape index (κ2) is 7.01. The van der Waals surface area contributed by atoms with Gasteiger partial charge in [-0.2, -0.15) is 0 Å². The van der Waals surface area contributed by atoms with E-state index in [-0.39, 0.29) is 30.9 Å². The van der Waals surface area contributed by atoms with Crippen molar-refractivity contribution < 1.29 is 14.6 Å². The summed E-state index contributed by atoms with van der Waals surface area (Å²) in [7, 11) is 1.71. The lowest BCUT2D eigenvalue weighted by Gasteiger charge is -2.44. The maximum absolute atomic E-state index is 9.54. The summed E-state index contributed by atoms with van der Waals surface area (Å²) in [5, 5.41) is 13.0. The zero-order valence-electron chi connectivity index (χ0n) is 11.6. The molecule has 0 aliphatic heterocycles. The Balaban J connectivity index is 1.93. The standard InChI is InChI=1S/C15H23NO3/c1-3-19-14-9-12(15(14)18-2)16-13(10-17)11-7-5-4-6-8-11/h4-8,12-17H,3,9-10H2,1-2H3. The Labute approximate surface area is 114 Å². The maximum atomic E-state index is 9.54. The van der Waals surface area contributed by atoms with Gasteiger partial charge in [0, 0.05) is 19.8 Å². The Morgan fingerprint density at radius 2 is 2.11 bits per heavy atom. The molecule has 0 heterocycles. The van der Waals surface area contributed by atoms with Gasteiger partial charge in [0.15, 0.2) is 0 Å². The highest BCUT2D eigenvalue weighted by atomic mass is 16.5. The normalized spacial score (nSPS) is 27.8. The topological polar surface area (TPSA) is 50.7 Å². The van der Waals surface area contributed by atoms with Gasteiger partial charge in [-0.25, -0.2) is 0 Å². The molecular formula is C15H23NO3. The van der Waals surface area contributed by atoms with Crippen molar-refractivity contribution in [3.8, 4) is 0 Å². The molecule has 1 aromatic carbocycles. The SMILES string of the molecule is CCOC1CC(NC(CO)c2ccccc2)C1OC. The van der Waals surface area contributed by atoms with Gasteiger partial charge < -0.3 is 19.9 Å². The van der Waals surface area contributed by atoms with Crippen LogP contribution in [0.5, 0.6) is 0 Å². The van der Waals surface area contributed by atoms with Crippen LogP contribution >= 0.6 is 0 Å². The molecule has 2 N–H and O–H groups in total. The second-order valence-electron chi connectivity index (χ2n) is 4.85. The largest absolute Gasteiger partial charge is 0.394 e. The van der Waals surface area contributed by atoms with E-state index in [4.69, 9.17) is 9.47 Å². The lowest BCUT2D eigenvalue weighted by atomic mass is 9.84. The van der Waals surface area contributed by atoms with Crippen molar-refractivity contribution in [1.29, 1.82) is 0 Å². The molecule has 19 heavy (non-hydrogen) atoms. The maximum Gasteiger partial charge on any atom is 0.0987 e. The van der Waals surface area contributed by atoms with Gasteiger partial charge in [0.25, 0.3) is 0 Å². The number of rotatable bonds is 7. The van der Waals surface area contributed by atoms with E-state index in [1.165, 1.54) is 0 Å². The van der Waals surface area contributed by atoms with Crippen LogP contribution in [0, 0.1) is 0 Å². The molecule has 0 radical (unpaired) electrons. The summed E-state index contributed by atoms with van der Waals surface area (Å²) in [6.45, 7) is 2.78. The second-order valence-corrected chi connectivity index (χ2v) is 4.85. The van der Waals surface area contributed by atoms with Gasteiger partial charge in [0.05, 0.1) is 24.9 Å². The summed E-state index contributed by atoms with van der Waals surface area (Å²) in [5.41, 5.74) is 1.10. The van der Waals surface area contributed by atoms with Crippen LogP contribution in [0.25, 0.3) is 0 Å².